The number of carbonyl (C=O) groups is 1. The molecule has 1 amide bonds. The predicted octanol–water partition coefficient (Wildman–Crippen LogP) is 6.65. The summed E-state index contributed by atoms with van der Waals surface area (Å²) in [4.78, 5) is 20.7. The zero-order chi connectivity index (χ0) is 23.7. The Balaban J connectivity index is 1.37. The van der Waals surface area contributed by atoms with Crippen molar-refractivity contribution < 1.29 is 4.79 Å². The first-order valence-electron chi connectivity index (χ1n) is 11.1. The van der Waals surface area contributed by atoms with Crippen molar-refractivity contribution in [1.29, 1.82) is 0 Å². The first-order chi connectivity index (χ1) is 16.5. The zero-order valence-corrected chi connectivity index (χ0v) is 21.9. The van der Waals surface area contributed by atoms with Crippen LogP contribution in [0.15, 0.2) is 59.2 Å². The molecular formula is C26H24BrClN4OS. The van der Waals surface area contributed by atoms with Crippen LogP contribution in [0, 0.1) is 6.92 Å². The van der Waals surface area contributed by atoms with E-state index in [1.807, 2.05) is 16.7 Å². The molecule has 2 aromatic carbocycles. The van der Waals surface area contributed by atoms with Crippen molar-refractivity contribution >= 4 is 61.9 Å². The minimum absolute atomic E-state index is 0.120. The molecule has 0 fully saturated rings. The van der Waals surface area contributed by atoms with E-state index in [0.717, 1.165) is 52.0 Å². The fraction of sp³-hybridized carbons (Fsp3) is 0.231. The van der Waals surface area contributed by atoms with Gasteiger partial charge in [-0.3, -0.25) is 9.47 Å². The normalized spacial score (nSPS) is 14.1. The van der Waals surface area contributed by atoms with Crippen molar-refractivity contribution in [2.45, 2.75) is 26.4 Å². The van der Waals surface area contributed by atoms with E-state index in [0.29, 0.717) is 11.0 Å². The SMILES string of the molecule is Cc1ccc(/C=C/CN2CCc3c(c4cc(Br)ccc4n3C(=O)NCc3cnc(Cl)s3)C2)cc1. The van der Waals surface area contributed by atoms with Crippen LogP contribution in [0.3, 0.4) is 0 Å². The molecule has 0 atom stereocenters. The van der Waals surface area contributed by atoms with Crippen molar-refractivity contribution in [3.8, 4) is 0 Å². The van der Waals surface area contributed by atoms with Gasteiger partial charge < -0.3 is 5.32 Å². The first-order valence-corrected chi connectivity index (χ1v) is 13.1. The van der Waals surface area contributed by atoms with Crippen LogP contribution >= 0.6 is 38.9 Å². The molecule has 174 valence electrons. The van der Waals surface area contributed by atoms with Crippen molar-refractivity contribution in [3.63, 3.8) is 0 Å². The third kappa shape index (κ3) is 4.98. The van der Waals surface area contributed by atoms with Crippen LogP contribution in [-0.2, 0) is 19.5 Å². The highest BCUT2D eigenvalue weighted by atomic mass is 79.9. The molecule has 2 aromatic heterocycles. The van der Waals surface area contributed by atoms with Gasteiger partial charge in [-0.1, -0.05) is 69.5 Å². The Morgan fingerprint density at radius 2 is 2.09 bits per heavy atom. The van der Waals surface area contributed by atoms with Gasteiger partial charge >= 0.3 is 6.03 Å². The maximum atomic E-state index is 13.3. The molecule has 0 aliphatic carbocycles. The number of hydrogen-bond donors (Lipinski definition) is 1. The minimum Gasteiger partial charge on any atom is -0.332 e. The summed E-state index contributed by atoms with van der Waals surface area (Å²) >= 11 is 10.9. The van der Waals surface area contributed by atoms with E-state index in [9.17, 15) is 4.79 Å². The molecule has 1 N–H and O–H groups in total. The zero-order valence-electron chi connectivity index (χ0n) is 18.7. The molecule has 34 heavy (non-hydrogen) atoms. The molecule has 5 nitrogen and oxygen atoms in total. The lowest BCUT2D eigenvalue weighted by atomic mass is 10.0. The summed E-state index contributed by atoms with van der Waals surface area (Å²) in [5.74, 6) is 0. The fourth-order valence-corrected chi connectivity index (χ4v) is 5.68. The summed E-state index contributed by atoms with van der Waals surface area (Å²) in [5.41, 5.74) is 5.73. The van der Waals surface area contributed by atoms with Crippen LogP contribution in [0.2, 0.25) is 4.47 Å². The van der Waals surface area contributed by atoms with E-state index in [1.54, 1.807) is 6.20 Å². The maximum absolute atomic E-state index is 13.3. The lowest BCUT2D eigenvalue weighted by molar-refractivity contribution is 0.240. The highest BCUT2D eigenvalue weighted by molar-refractivity contribution is 9.10. The van der Waals surface area contributed by atoms with Gasteiger partial charge in [0, 0.05) is 52.7 Å². The van der Waals surface area contributed by atoms with Gasteiger partial charge in [0.15, 0.2) is 4.47 Å². The summed E-state index contributed by atoms with van der Waals surface area (Å²) in [6.07, 6.45) is 6.92. The molecule has 0 spiro atoms. The number of nitrogens with zero attached hydrogens (tertiary/aromatic N) is 3. The van der Waals surface area contributed by atoms with E-state index in [2.05, 4.69) is 80.5 Å². The Hall–Kier alpha value is -2.45. The highest BCUT2D eigenvalue weighted by Crippen LogP contribution is 2.33. The number of aryl methyl sites for hydroxylation is 1. The smallest absolute Gasteiger partial charge is 0.326 e. The molecule has 0 saturated carbocycles. The van der Waals surface area contributed by atoms with E-state index < -0.39 is 0 Å². The maximum Gasteiger partial charge on any atom is 0.326 e. The lowest BCUT2D eigenvalue weighted by Gasteiger charge is -2.27. The van der Waals surface area contributed by atoms with Gasteiger partial charge in [0.1, 0.15) is 0 Å². The Labute approximate surface area is 216 Å². The van der Waals surface area contributed by atoms with Gasteiger partial charge in [0.2, 0.25) is 0 Å². The lowest BCUT2D eigenvalue weighted by Crippen LogP contribution is -2.34. The third-order valence-electron chi connectivity index (χ3n) is 6.08. The fourth-order valence-electron chi connectivity index (χ4n) is 4.40. The number of nitrogens with one attached hydrogen (secondary N) is 1. The van der Waals surface area contributed by atoms with Gasteiger partial charge in [-0.2, -0.15) is 0 Å². The first kappa shape index (κ1) is 23.3. The molecule has 4 aromatic rings. The second-order valence-electron chi connectivity index (χ2n) is 8.46. The second-order valence-corrected chi connectivity index (χ2v) is 11.1. The van der Waals surface area contributed by atoms with Crippen LogP contribution in [0.1, 0.15) is 27.3 Å². The van der Waals surface area contributed by atoms with E-state index in [-0.39, 0.29) is 6.03 Å². The quantitative estimate of drug-likeness (QED) is 0.300. The number of thiazole rings is 1. The van der Waals surface area contributed by atoms with E-state index >= 15 is 0 Å². The standard InChI is InChI=1S/C26H24BrClN4OS/c1-17-4-6-18(7-5-17)3-2-11-31-12-10-24-22(16-31)21-13-19(27)8-9-23(21)32(24)26(33)30-15-20-14-29-25(28)34-20/h2-9,13-14H,10-12,15-16H2,1H3,(H,30,33)/b3-2+. The van der Waals surface area contributed by atoms with Gasteiger partial charge in [-0.05, 0) is 36.2 Å². The third-order valence-corrected chi connectivity index (χ3v) is 7.69. The average Bonchev–Trinajstić information content (AvgIpc) is 3.39. The Morgan fingerprint density at radius 3 is 2.85 bits per heavy atom. The van der Waals surface area contributed by atoms with Gasteiger partial charge in [-0.15, -0.1) is 11.3 Å². The Kier molecular flexibility index (Phi) is 6.88. The van der Waals surface area contributed by atoms with E-state index in [4.69, 9.17) is 11.6 Å². The van der Waals surface area contributed by atoms with Crippen molar-refractivity contribution in [2.75, 3.05) is 13.1 Å². The molecule has 0 unspecified atom stereocenters. The van der Waals surface area contributed by atoms with Crippen molar-refractivity contribution in [2.24, 2.45) is 0 Å². The average molecular weight is 556 g/mol. The molecule has 0 radical (unpaired) electrons. The number of aromatic nitrogens is 2. The van der Waals surface area contributed by atoms with Gasteiger partial charge in [0.25, 0.3) is 0 Å². The number of rotatable bonds is 5. The number of fused-ring (bicyclic) bond motifs is 3. The van der Waals surface area contributed by atoms with Gasteiger partial charge in [-0.25, -0.2) is 9.78 Å². The summed E-state index contributed by atoms with van der Waals surface area (Å²) in [6, 6.07) is 14.6. The van der Waals surface area contributed by atoms with Gasteiger partial charge in [0.05, 0.1) is 12.1 Å². The summed E-state index contributed by atoms with van der Waals surface area (Å²) in [7, 11) is 0. The number of hydrogen-bond acceptors (Lipinski definition) is 4. The number of carbonyl (C=O) groups excluding carboxylic acids is 1. The molecule has 5 rings (SSSR count). The summed E-state index contributed by atoms with van der Waals surface area (Å²) in [6.45, 7) is 5.09. The highest BCUT2D eigenvalue weighted by Gasteiger charge is 2.26. The van der Waals surface area contributed by atoms with Crippen LogP contribution < -0.4 is 5.32 Å². The van der Waals surface area contributed by atoms with Crippen molar-refractivity contribution in [1.82, 2.24) is 19.8 Å². The topological polar surface area (TPSA) is 50.2 Å². The van der Waals surface area contributed by atoms with Crippen LogP contribution in [0.4, 0.5) is 4.79 Å². The number of benzene rings is 2. The Morgan fingerprint density at radius 1 is 1.26 bits per heavy atom. The van der Waals surface area contributed by atoms with E-state index in [1.165, 1.54) is 28.0 Å². The Bertz CT molecular complexity index is 1380. The van der Waals surface area contributed by atoms with Crippen LogP contribution in [0.25, 0.3) is 17.0 Å². The number of amides is 1. The molecule has 3 heterocycles. The number of halogens is 2. The van der Waals surface area contributed by atoms with Crippen molar-refractivity contribution in [3.05, 3.63) is 90.9 Å². The monoisotopic (exact) mass is 554 g/mol. The van der Waals surface area contributed by atoms with Crippen LogP contribution in [-0.4, -0.2) is 33.6 Å². The van der Waals surface area contributed by atoms with Crippen LogP contribution in [0.5, 0.6) is 0 Å². The largest absolute Gasteiger partial charge is 0.332 e. The second kappa shape index (κ2) is 10.0. The summed E-state index contributed by atoms with van der Waals surface area (Å²) < 4.78 is 3.34. The predicted molar refractivity (Wildman–Crippen MR) is 144 cm³/mol. The molecular weight excluding hydrogens is 532 g/mol. The summed E-state index contributed by atoms with van der Waals surface area (Å²) in [5, 5.41) is 4.16. The molecule has 0 saturated heterocycles. The molecule has 1 aliphatic heterocycles. The minimum atomic E-state index is -0.120. The molecule has 8 heteroatoms. The molecule has 0 bridgehead atoms. The molecule has 1 aliphatic rings.